The minimum Gasteiger partial charge on any atom is -0.378 e. The van der Waals surface area contributed by atoms with Gasteiger partial charge in [-0.1, -0.05) is 6.07 Å². The Morgan fingerprint density at radius 2 is 2.17 bits per heavy atom. The highest BCUT2D eigenvalue weighted by Gasteiger charge is 2.32. The van der Waals surface area contributed by atoms with Gasteiger partial charge in [0.2, 0.25) is 15.9 Å². The van der Waals surface area contributed by atoms with Crippen LogP contribution in [0.25, 0.3) is 0 Å². The van der Waals surface area contributed by atoms with Gasteiger partial charge < -0.3 is 15.0 Å². The summed E-state index contributed by atoms with van der Waals surface area (Å²) in [4.78, 5) is 14.5. The van der Waals surface area contributed by atoms with Crippen LogP contribution in [-0.2, 0) is 26.0 Å². The molecule has 1 unspecified atom stereocenters. The van der Waals surface area contributed by atoms with Crippen LogP contribution in [0.3, 0.4) is 0 Å². The third-order valence-corrected chi connectivity index (χ3v) is 6.03. The maximum Gasteiger partial charge on any atom is 0.246 e. The van der Waals surface area contributed by atoms with Crippen molar-refractivity contribution in [2.45, 2.75) is 17.4 Å². The Kier molecular flexibility index (Phi) is 4.41. The number of fused-ring (bicyclic) bond motifs is 1. The number of rotatable bonds is 3. The Labute approximate surface area is 136 Å². The largest absolute Gasteiger partial charge is 0.378 e. The van der Waals surface area contributed by atoms with Crippen molar-refractivity contribution in [3.8, 4) is 0 Å². The van der Waals surface area contributed by atoms with Crippen LogP contribution in [0, 0.1) is 0 Å². The van der Waals surface area contributed by atoms with E-state index in [9.17, 15) is 13.2 Å². The topological polar surface area (TPSA) is 79.0 Å². The molecule has 1 aromatic carbocycles. The summed E-state index contributed by atoms with van der Waals surface area (Å²) in [5, 5.41) is 3.15. The van der Waals surface area contributed by atoms with Crippen LogP contribution in [0.1, 0.15) is 5.56 Å². The molecule has 2 heterocycles. The first kappa shape index (κ1) is 16.4. The molecule has 0 aliphatic carbocycles. The van der Waals surface area contributed by atoms with Gasteiger partial charge in [0.15, 0.2) is 0 Å². The fraction of sp³-hybridized carbons (Fsp3) is 0.533. The molecule has 7 nitrogen and oxygen atoms in total. The molecule has 0 bridgehead atoms. The lowest BCUT2D eigenvalue weighted by Gasteiger charge is -2.28. The van der Waals surface area contributed by atoms with Gasteiger partial charge in [-0.2, -0.15) is 0 Å². The van der Waals surface area contributed by atoms with E-state index in [1.807, 2.05) is 0 Å². The number of carbonyl (C=O) groups is 1. The van der Waals surface area contributed by atoms with E-state index < -0.39 is 10.0 Å². The smallest absolute Gasteiger partial charge is 0.246 e. The van der Waals surface area contributed by atoms with E-state index in [-0.39, 0.29) is 16.8 Å². The summed E-state index contributed by atoms with van der Waals surface area (Å²) in [5.41, 5.74) is 1.68. The predicted octanol–water partition coefficient (Wildman–Crippen LogP) is -0.186. The van der Waals surface area contributed by atoms with Crippen LogP contribution in [0.5, 0.6) is 0 Å². The van der Waals surface area contributed by atoms with Crippen LogP contribution in [0.15, 0.2) is 23.1 Å². The lowest BCUT2D eigenvalue weighted by molar-refractivity contribution is -0.123. The predicted molar refractivity (Wildman–Crippen MR) is 86.0 cm³/mol. The van der Waals surface area contributed by atoms with E-state index in [0.717, 1.165) is 12.0 Å². The molecule has 0 spiro atoms. The number of nitrogens with one attached hydrogen (secondary N) is 1. The molecule has 0 radical (unpaired) electrons. The summed E-state index contributed by atoms with van der Waals surface area (Å²) in [7, 11) is -0.528. The third-order valence-electron chi connectivity index (χ3n) is 4.22. The molecule has 23 heavy (non-hydrogen) atoms. The monoisotopic (exact) mass is 339 g/mol. The summed E-state index contributed by atoms with van der Waals surface area (Å²) < 4.78 is 31.1. The molecular formula is C15H21N3O4S. The molecule has 1 atom stereocenters. The molecule has 1 aromatic rings. The fourth-order valence-electron chi connectivity index (χ4n) is 2.87. The Hall–Kier alpha value is -1.48. The summed E-state index contributed by atoms with van der Waals surface area (Å²) in [6.45, 7) is 2.16. The van der Waals surface area contributed by atoms with Crippen LogP contribution in [0.4, 0.5) is 5.69 Å². The van der Waals surface area contributed by atoms with E-state index in [0.29, 0.717) is 32.0 Å². The number of benzene rings is 1. The average Bonchev–Trinajstić information content (AvgIpc) is 2.97. The molecule has 8 heteroatoms. The van der Waals surface area contributed by atoms with Crippen molar-refractivity contribution in [2.75, 3.05) is 45.3 Å². The third kappa shape index (κ3) is 2.99. The van der Waals surface area contributed by atoms with E-state index in [4.69, 9.17) is 4.74 Å². The van der Waals surface area contributed by atoms with Crippen LogP contribution < -0.4 is 10.2 Å². The molecule has 0 aromatic heterocycles. The molecule has 2 aliphatic rings. The van der Waals surface area contributed by atoms with Gasteiger partial charge in [-0.15, -0.1) is 0 Å². The van der Waals surface area contributed by atoms with Crippen molar-refractivity contribution in [1.29, 1.82) is 0 Å². The number of anilines is 1. The lowest BCUT2D eigenvalue weighted by Crippen LogP contribution is -2.52. The first-order chi connectivity index (χ1) is 10.9. The van der Waals surface area contributed by atoms with Gasteiger partial charge in [0, 0.05) is 32.9 Å². The van der Waals surface area contributed by atoms with Crippen molar-refractivity contribution < 1.29 is 17.9 Å². The first-order valence-electron chi connectivity index (χ1n) is 7.59. The Morgan fingerprint density at radius 1 is 1.39 bits per heavy atom. The van der Waals surface area contributed by atoms with Crippen molar-refractivity contribution in [2.24, 2.45) is 0 Å². The normalized spacial score (nSPS) is 21.5. The Bertz CT molecular complexity index is 711. The average molecular weight is 339 g/mol. The van der Waals surface area contributed by atoms with E-state index in [1.54, 1.807) is 23.1 Å². The van der Waals surface area contributed by atoms with Crippen molar-refractivity contribution in [1.82, 2.24) is 9.62 Å². The van der Waals surface area contributed by atoms with E-state index in [2.05, 4.69) is 5.32 Å². The van der Waals surface area contributed by atoms with E-state index >= 15 is 0 Å². The second-order valence-corrected chi connectivity index (χ2v) is 8.05. The van der Waals surface area contributed by atoms with Gasteiger partial charge in [0.05, 0.1) is 18.1 Å². The quantitative estimate of drug-likeness (QED) is 0.826. The van der Waals surface area contributed by atoms with Gasteiger partial charge in [-0.05, 0) is 24.1 Å². The maximum atomic E-state index is 12.7. The molecule has 1 N–H and O–H groups in total. The van der Waals surface area contributed by atoms with Crippen molar-refractivity contribution in [3.05, 3.63) is 23.8 Å². The molecule has 1 saturated heterocycles. The minimum absolute atomic E-state index is 0.0668. The Balaban J connectivity index is 1.91. The molecule has 2 aliphatic heterocycles. The molecule has 0 saturated carbocycles. The maximum absolute atomic E-state index is 12.7. The summed E-state index contributed by atoms with van der Waals surface area (Å²) in [5.74, 6) is -0.0668. The number of morpholine rings is 1. The van der Waals surface area contributed by atoms with Gasteiger partial charge >= 0.3 is 0 Å². The highest BCUT2D eigenvalue weighted by Crippen LogP contribution is 2.31. The zero-order valence-electron chi connectivity index (χ0n) is 13.3. The zero-order chi connectivity index (χ0) is 16.6. The van der Waals surface area contributed by atoms with Gasteiger partial charge in [0.25, 0.3) is 0 Å². The number of amides is 1. The first-order valence-corrected chi connectivity index (χ1v) is 9.03. The minimum atomic E-state index is -3.52. The van der Waals surface area contributed by atoms with Gasteiger partial charge in [-0.25, -0.2) is 12.7 Å². The highest BCUT2D eigenvalue weighted by atomic mass is 32.2. The molecular weight excluding hydrogens is 318 g/mol. The van der Waals surface area contributed by atoms with Gasteiger partial charge in [0.1, 0.15) is 6.04 Å². The van der Waals surface area contributed by atoms with Crippen LogP contribution in [0.2, 0.25) is 0 Å². The number of nitrogens with zero attached hydrogens (tertiary/aromatic N) is 2. The number of hydrogen-bond acceptors (Lipinski definition) is 5. The number of ether oxygens (including phenoxy) is 1. The standard InChI is InChI=1S/C15H21N3O4S/c1-17(2)23(20,21)12-4-3-11-5-7-18(14(11)9-12)15(19)13-10-22-8-6-16-13/h3-4,9,13,16H,5-8,10H2,1-2H3. The van der Waals surface area contributed by atoms with Crippen molar-refractivity contribution >= 4 is 21.6 Å². The Morgan fingerprint density at radius 3 is 2.83 bits per heavy atom. The highest BCUT2D eigenvalue weighted by molar-refractivity contribution is 7.89. The van der Waals surface area contributed by atoms with Crippen LogP contribution in [-0.4, -0.2) is 65.1 Å². The molecule has 126 valence electrons. The molecule has 3 rings (SSSR count). The molecule has 1 fully saturated rings. The SMILES string of the molecule is CN(C)S(=O)(=O)c1ccc2c(c1)N(C(=O)C1COCCN1)CC2. The number of hydrogen-bond donors (Lipinski definition) is 1. The second kappa shape index (κ2) is 6.20. The summed E-state index contributed by atoms with van der Waals surface area (Å²) >= 11 is 0. The van der Waals surface area contributed by atoms with E-state index in [1.165, 1.54) is 18.4 Å². The molecule has 1 amide bonds. The summed E-state index contributed by atoms with van der Waals surface area (Å²) in [6.07, 6.45) is 0.733. The lowest BCUT2D eigenvalue weighted by atomic mass is 10.1. The second-order valence-electron chi connectivity index (χ2n) is 5.90. The number of sulfonamides is 1. The van der Waals surface area contributed by atoms with Gasteiger partial charge in [-0.3, -0.25) is 4.79 Å². The summed E-state index contributed by atoms with van der Waals surface area (Å²) in [6, 6.07) is 4.62. The number of carbonyl (C=O) groups excluding carboxylic acids is 1. The van der Waals surface area contributed by atoms with Crippen LogP contribution >= 0.6 is 0 Å². The fourth-order valence-corrected chi connectivity index (χ4v) is 3.79. The zero-order valence-corrected chi connectivity index (χ0v) is 14.1. The van der Waals surface area contributed by atoms with Crippen molar-refractivity contribution in [3.63, 3.8) is 0 Å².